The summed E-state index contributed by atoms with van der Waals surface area (Å²) in [5.74, 6) is 0.0291. The number of likely N-dealkylation sites (tertiary alicyclic amines) is 1. The molecule has 0 radical (unpaired) electrons. The van der Waals surface area contributed by atoms with Gasteiger partial charge in [0.05, 0.1) is 6.67 Å². The number of nitrogens with zero attached hydrogens (tertiary/aromatic N) is 2. The first kappa shape index (κ1) is 15.8. The Morgan fingerprint density at radius 3 is 2.00 bits per heavy atom. The normalized spacial score (nSPS) is 27.4. The van der Waals surface area contributed by atoms with Gasteiger partial charge in [-0.15, -0.1) is 0 Å². The Morgan fingerprint density at radius 2 is 1.36 bits per heavy atom. The maximum atomic E-state index is 12.9. The zero-order valence-corrected chi connectivity index (χ0v) is 13.6. The Morgan fingerprint density at radius 1 is 0.818 bits per heavy atom. The van der Waals surface area contributed by atoms with E-state index in [1.807, 2.05) is 0 Å². The average Bonchev–Trinajstić information content (AvgIpc) is 2.65. The predicted octanol–water partition coefficient (Wildman–Crippen LogP) is 2.85. The van der Waals surface area contributed by atoms with Crippen LogP contribution in [0.2, 0.25) is 0 Å². The van der Waals surface area contributed by atoms with E-state index in [2.05, 4.69) is 10.2 Å². The first-order valence-electron chi connectivity index (χ1n) is 9.08. The van der Waals surface area contributed by atoms with Crippen molar-refractivity contribution >= 4 is 11.9 Å². The van der Waals surface area contributed by atoms with Gasteiger partial charge in [0, 0.05) is 0 Å². The standard InChI is InChI=1S/C17H29N3O2/c21-15-17(10-6-2-3-7-11-17)18-16(22)20(15)14-19-12-8-4-1-5-9-13-19/h1-14H2,(H,18,22). The minimum absolute atomic E-state index is 0.0291. The van der Waals surface area contributed by atoms with Gasteiger partial charge in [-0.1, -0.05) is 44.9 Å². The summed E-state index contributed by atoms with van der Waals surface area (Å²) in [6, 6.07) is -0.172. The summed E-state index contributed by atoms with van der Waals surface area (Å²) in [6.45, 7) is 2.49. The van der Waals surface area contributed by atoms with E-state index >= 15 is 0 Å². The van der Waals surface area contributed by atoms with Crippen molar-refractivity contribution in [1.82, 2.24) is 15.1 Å². The summed E-state index contributed by atoms with van der Waals surface area (Å²) in [7, 11) is 0. The molecule has 3 rings (SSSR count). The van der Waals surface area contributed by atoms with Crippen LogP contribution in [0, 0.1) is 0 Å². The van der Waals surface area contributed by atoms with Gasteiger partial charge in [-0.05, 0) is 38.8 Å². The highest BCUT2D eigenvalue weighted by Crippen LogP contribution is 2.32. The van der Waals surface area contributed by atoms with E-state index in [0.717, 1.165) is 38.8 Å². The van der Waals surface area contributed by atoms with Gasteiger partial charge in [0.2, 0.25) is 0 Å². The number of hydrogen-bond acceptors (Lipinski definition) is 3. The third-order valence-electron chi connectivity index (χ3n) is 5.49. The Labute approximate surface area is 133 Å². The zero-order valence-electron chi connectivity index (χ0n) is 13.6. The highest BCUT2D eigenvalue weighted by Gasteiger charge is 2.50. The zero-order chi connectivity index (χ0) is 15.4. The molecule has 3 amide bonds. The number of nitrogens with one attached hydrogen (secondary N) is 1. The lowest BCUT2D eigenvalue weighted by atomic mass is 9.90. The van der Waals surface area contributed by atoms with Crippen LogP contribution in [0.3, 0.4) is 0 Å². The van der Waals surface area contributed by atoms with Crippen LogP contribution in [0.25, 0.3) is 0 Å². The largest absolute Gasteiger partial charge is 0.326 e. The Balaban J connectivity index is 1.65. The van der Waals surface area contributed by atoms with E-state index in [1.54, 1.807) is 0 Å². The number of imide groups is 1. The van der Waals surface area contributed by atoms with Crippen molar-refractivity contribution in [1.29, 1.82) is 0 Å². The van der Waals surface area contributed by atoms with Crippen molar-refractivity contribution in [3.63, 3.8) is 0 Å². The summed E-state index contributed by atoms with van der Waals surface area (Å²) < 4.78 is 0. The SMILES string of the molecule is O=C1NC2(CCCCCC2)C(=O)N1CN1CCCCCCC1. The van der Waals surface area contributed by atoms with E-state index < -0.39 is 5.54 Å². The molecule has 5 heteroatoms. The van der Waals surface area contributed by atoms with Crippen molar-refractivity contribution < 1.29 is 9.59 Å². The second-order valence-electron chi connectivity index (χ2n) is 7.19. The fourth-order valence-electron chi connectivity index (χ4n) is 4.13. The number of urea groups is 1. The number of rotatable bonds is 2. The molecule has 0 aromatic rings. The monoisotopic (exact) mass is 307 g/mol. The van der Waals surface area contributed by atoms with Crippen LogP contribution in [-0.2, 0) is 4.79 Å². The molecule has 1 saturated carbocycles. The molecule has 1 spiro atoms. The molecular weight excluding hydrogens is 278 g/mol. The number of carbonyl (C=O) groups excluding carboxylic acids is 2. The molecule has 0 bridgehead atoms. The fourth-order valence-corrected chi connectivity index (χ4v) is 4.13. The lowest BCUT2D eigenvalue weighted by molar-refractivity contribution is -0.133. The molecule has 2 saturated heterocycles. The van der Waals surface area contributed by atoms with Crippen molar-refractivity contribution in [3.05, 3.63) is 0 Å². The lowest BCUT2D eigenvalue weighted by Crippen LogP contribution is -2.47. The third kappa shape index (κ3) is 3.29. The van der Waals surface area contributed by atoms with E-state index in [4.69, 9.17) is 0 Å². The summed E-state index contributed by atoms with van der Waals surface area (Å²) in [5, 5.41) is 3.04. The Hall–Kier alpha value is -1.10. The highest BCUT2D eigenvalue weighted by molar-refractivity contribution is 6.07. The highest BCUT2D eigenvalue weighted by atomic mass is 16.2. The summed E-state index contributed by atoms with van der Waals surface area (Å²) >= 11 is 0. The van der Waals surface area contributed by atoms with E-state index in [1.165, 1.54) is 49.8 Å². The second-order valence-corrected chi connectivity index (χ2v) is 7.19. The molecule has 1 aliphatic carbocycles. The lowest BCUT2D eigenvalue weighted by Gasteiger charge is -2.29. The van der Waals surface area contributed by atoms with Gasteiger partial charge in [-0.25, -0.2) is 9.69 Å². The molecular formula is C17H29N3O2. The van der Waals surface area contributed by atoms with Crippen LogP contribution in [0.5, 0.6) is 0 Å². The van der Waals surface area contributed by atoms with Crippen LogP contribution < -0.4 is 5.32 Å². The maximum Gasteiger partial charge on any atom is 0.326 e. The molecule has 3 aliphatic rings. The van der Waals surface area contributed by atoms with Crippen molar-refractivity contribution in [2.75, 3.05) is 19.8 Å². The Kier molecular flexibility index (Phi) is 5.01. The van der Waals surface area contributed by atoms with Gasteiger partial charge in [-0.2, -0.15) is 0 Å². The minimum atomic E-state index is -0.587. The van der Waals surface area contributed by atoms with Crippen LogP contribution in [0.4, 0.5) is 4.79 Å². The third-order valence-corrected chi connectivity index (χ3v) is 5.49. The molecule has 0 unspecified atom stereocenters. The van der Waals surface area contributed by atoms with Gasteiger partial charge in [0.25, 0.3) is 5.91 Å². The van der Waals surface area contributed by atoms with E-state index in [0.29, 0.717) is 6.67 Å². The molecule has 5 nitrogen and oxygen atoms in total. The average molecular weight is 307 g/mol. The quantitative estimate of drug-likeness (QED) is 0.798. The van der Waals surface area contributed by atoms with Crippen molar-refractivity contribution in [3.8, 4) is 0 Å². The number of hydrogen-bond donors (Lipinski definition) is 1. The molecule has 124 valence electrons. The number of carbonyl (C=O) groups is 2. The van der Waals surface area contributed by atoms with Crippen molar-refractivity contribution in [2.24, 2.45) is 0 Å². The predicted molar refractivity (Wildman–Crippen MR) is 85.3 cm³/mol. The summed E-state index contributed by atoms with van der Waals surface area (Å²) in [5.41, 5.74) is -0.587. The van der Waals surface area contributed by atoms with E-state index in [-0.39, 0.29) is 11.9 Å². The molecule has 0 atom stereocenters. The molecule has 2 heterocycles. The van der Waals surface area contributed by atoms with Crippen LogP contribution in [-0.4, -0.2) is 47.0 Å². The maximum absolute atomic E-state index is 12.9. The first-order chi connectivity index (χ1) is 10.7. The topological polar surface area (TPSA) is 52.7 Å². The molecule has 0 aromatic carbocycles. The fraction of sp³-hybridized carbons (Fsp3) is 0.882. The molecule has 22 heavy (non-hydrogen) atoms. The van der Waals surface area contributed by atoms with Crippen LogP contribution >= 0.6 is 0 Å². The molecule has 0 aromatic heterocycles. The Bertz CT molecular complexity index is 408. The van der Waals surface area contributed by atoms with Gasteiger partial charge in [0.1, 0.15) is 5.54 Å². The van der Waals surface area contributed by atoms with Crippen molar-refractivity contribution in [2.45, 2.75) is 76.2 Å². The summed E-state index contributed by atoms with van der Waals surface area (Å²) in [4.78, 5) is 29.0. The van der Waals surface area contributed by atoms with Gasteiger partial charge < -0.3 is 5.32 Å². The molecule has 1 N–H and O–H groups in total. The van der Waals surface area contributed by atoms with Crippen LogP contribution in [0.1, 0.15) is 70.6 Å². The summed E-state index contributed by atoms with van der Waals surface area (Å²) in [6.07, 6.45) is 12.3. The van der Waals surface area contributed by atoms with Crippen LogP contribution in [0.15, 0.2) is 0 Å². The second kappa shape index (κ2) is 6.99. The minimum Gasteiger partial charge on any atom is -0.323 e. The number of amides is 3. The van der Waals surface area contributed by atoms with E-state index in [9.17, 15) is 9.59 Å². The first-order valence-corrected chi connectivity index (χ1v) is 9.08. The van der Waals surface area contributed by atoms with Gasteiger partial charge in [0.15, 0.2) is 0 Å². The smallest absolute Gasteiger partial charge is 0.323 e. The molecule has 2 aliphatic heterocycles. The van der Waals surface area contributed by atoms with Gasteiger partial charge in [-0.3, -0.25) is 9.69 Å². The molecule has 3 fully saturated rings. The van der Waals surface area contributed by atoms with Gasteiger partial charge >= 0.3 is 6.03 Å².